The molecule has 1 heterocycles. The molecule has 1 aromatic heterocycles. The molecule has 0 saturated carbocycles. The summed E-state index contributed by atoms with van der Waals surface area (Å²) in [6.07, 6.45) is 1.76. The average Bonchev–Trinajstić information content (AvgIpc) is 2.81. The maximum atomic E-state index is 11.2. The molecular weight excluding hydrogens is 244 g/mol. The molecule has 0 aliphatic rings. The fourth-order valence-corrected chi connectivity index (χ4v) is 1.74. The van der Waals surface area contributed by atoms with E-state index in [1.54, 1.807) is 31.5 Å². The molecular formula is C13H16N4O2. The van der Waals surface area contributed by atoms with E-state index in [4.69, 9.17) is 10.5 Å². The van der Waals surface area contributed by atoms with E-state index in [0.29, 0.717) is 17.9 Å². The first kappa shape index (κ1) is 12.9. The Morgan fingerprint density at radius 2 is 2.32 bits per heavy atom. The summed E-state index contributed by atoms with van der Waals surface area (Å²) in [5.41, 5.74) is 8.47. The largest absolute Gasteiger partial charge is 0.495 e. The highest BCUT2D eigenvalue weighted by Gasteiger charge is 2.08. The average molecular weight is 260 g/mol. The Morgan fingerprint density at radius 3 is 2.89 bits per heavy atom. The van der Waals surface area contributed by atoms with Crippen molar-refractivity contribution < 1.29 is 9.53 Å². The first-order valence-electron chi connectivity index (χ1n) is 5.82. The van der Waals surface area contributed by atoms with Gasteiger partial charge in [-0.05, 0) is 25.1 Å². The van der Waals surface area contributed by atoms with Gasteiger partial charge in [-0.25, -0.2) is 0 Å². The first-order valence-corrected chi connectivity index (χ1v) is 5.82. The Bertz CT molecular complexity index is 592. The molecule has 0 radical (unpaired) electrons. The SMILES string of the molecule is COc1ccc(C(N)=O)cc1NCc1cn[nH]c1C. The zero-order chi connectivity index (χ0) is 13.8. The number of carbonyl (C=O) groups is 1. The molecule has 2 rings (SSSR count). The number of H-pyrrole nitrogens is 1. The number of hydrogen-bond acceptors (Lipinski definition) is 4. The van der Waals surface area contributed by atoms with Gasteiger partial charge in [0.05, 0.1) is 19.0 Å². The van der Waals surface area contributed by atoms with Gasteiger partial charge in [0.25, 0.3) is 0 Å². The van der Waals surface area contributed by atoms with Crippen LogP contribution in [0.3, 0.4) is 0 Å². The van der Waals surface area contributed by atoms with E-state index in [-0.39, 0.29) is 0 Å². The van der Waals surface area contributed by atoms with Gasteiger partial charge in [-0.2, -0.15) is 5.10 Å². The van der Waals surface area contributed by atoms with Crippen LogP contribution in [-0.2, 0) is 6.54 Å². The van der Waals surface area contributed by atoms with E-state index < -0.39 is 5.91 Å². The van der Waals surface area contributed by atoms with Crippen LogP contribution in [0.25, 0.3) is 0 Å². The number of aromatic nitrogens is 2. The lowest BCUT2D eigenvalue weighted by molar-refractivity contribution is 0.100. The second-order valence-corrected chi connectivity index (χ2v) is 4.15. The molecule has 0 spiro atoms. The van der Waals surface area contributed by atoms with Gasteiger partial charge in [-0.3, -0.25) is 9.89 Å². The minimum Gasteiger partial charge on any atom is -0.495 e. The van der Waals surface area contributed by atoms with E-state index in [1.807, 2.05) is 6.92 Å². The Kier molecular flexibility index (Phi) is 3.70. The van der Waals surface area contributed by atoms with E-state index >= 15 is 0 Å². The number of nitrogens with zero attached hydrogens (tertiary/aromatic N) is 1. The number of primary amides is 1. The van der Waals surface area contributed by atoms with Crippen molar-refractivity contribution in [1.82, 2.24) is 10.2 Å². The second-order valence-electron chi connectivity index (χ2n) is 4.15. The van der Waals surface area contributed by atoms with Crippen LogP contribution in [0.2, 0.25) is 0 Å². The van der Waals surface area contributed by atoms with Crippen molar-refractivity contribution in [2.24, 2.45) is 5.73 Å². The summed E-state index contributed by atoms with van der Waals surface area (Å²) in [7, 11) is 1.58. The van der Waals surface area contributed by atoms with Gasteiger partial charge >= 0.3 is 0 Å². The van der Waals surface area contributed by atoms with Gasteiger partial charge in [-0.15, -0.1) is 0 Å². The van der Waals surface area contributed by atoms with Crippen LogP contribution in [0.5, 0.6) is 5.75 Å². The predicted octanol–water partition coefficient (Wildman–Crippen LogP) is 1.44. The molecule has 4 N–H and O–H groups in total. The monoisotopic (exact) mass is 260 g/mol. The summed E-state index contributed by atoms with van der Waals surface area (Å²) in [6, 6.07) is 5.02. The fraction of sp³-hybridized carbons (Fsp3) is 0.231. The van der Waals surface area contributed by atoms with E-state index in [1.165, 1.54) is 0 Å². The van der Waals surface area contributed by atoms with Crippen molar-refractivity contribution in [1.29, 1.82) is 0 Å². The van der Waals surface area contributed by atoms with Crippen LogP contribution < -0.4 is 15.8 Å². The number of nitrogens with two attached hydrogens (primary N) is 1. The molecule has 2 aromatic rings. The quantitative estimate of drug-likeness (QED) is 0.758. The summed E-state index contributed by atoms with van der Waals surface area (Å²) >= 11 is 0. The highest BCUT2D eigenvalue weighted by atomic mass is 16.5. The molecule has 0 atom stereocenters. The lowest BCUT2D eigenvalue weighted by Crippen LogP contribution is -2.11. The molecule has 6 heteroatoms. The first-order chi connectivity index (χ1) is 9.11. The van der Waals surface area contributed by atoms with E-state index in [9.17, 15) is 4.79 Å². The minimum absolute atomic E-state index is 0.437. The number of anilines is 1. The fourth-order valence-electron chi connectivity index (χ4n) is 1.74. The van der Waals surface area contributed by atoms with Crippen LogP contribution in [0.4, 0.5) is 5.69 Å². The zero-order valence-corrected chi connectivity index (χ0v) is 10.9. The molecule has 19 heavy (non-hydrogen) atoms. The third-order valence-electron chi connectivity index (χ3n) is 2.89. The maximum Gasteiger partial charge on any atom is 0.248 e. The molecule has 100 valence electrons. The summed E-state index contributed by atoms with van der Waals surface area (Å²) in [4.78, 5) is 11.2. The molecule has 6 nitrogen and oxygen atoms in total. The number of benzene rings is 1. The number of rotatable bonds is 5. The van der Waals surface area contributed by atoms with E-state index in [2.05, 4.69) is 15.5 Å². The molecule has 1 amide bonds. The Hall–Kier alpha value is -2.50. The highest BCUT2D eigenvalue weighted by molar-refractivity contribution is 5.94. The summed E-state index contributed by atoms with van der Waals surface area (Å²) in [5.74, 6) is 0.191. The van der Waals surface area contributed by atoms with Crippen LogP contribution >= 0.6 is 0 Å². The smallest absolute Gasteiger partial charge is 0.248 e. The number of amides is 1. The lowest BCUT2D eigenvalue weighted by atomic mass is 10.1. The van der Waals surface area contributed by atoms with Crippen LogP contribution in [0, 0.1) is 6.92 Å². The molecule has 0 aliphatic carbocycles. The van der Waals surface area contributed by atoms with Crippen molar-refractivity contribution >= 4 is 11.6 Å². The standard InChI is InChI=1S/C13H16N4O2/c1-8-10(7-16-17-8)6-15-11-5-9(13(14)18)3-4-12(11)19-2/h3-5,7,15H,6H2,1-2H3,(H2,14,18)(H,16,17). The summed E-state index contributed by atoms with van der Waals surface area (Å²) < 4.78 is 5.24. The third kappa shape index (κ3) is 2.85. The number of aryl methyl sites for hydroxylation is 1. The number of nitrogens with one attached hydrogen (secondary N) is 2. The van der Waals surface area contributed by atoms with Crippen LogP contribution in [0.15, 0.2) is 24.4 Å². The second kappa shape index (κ2) is 5.43. The number of methoxy groups -OCH3 is 1. The van der Waals surface area contributed by atoms with Gasteiger partial charge in [0.2, 0.25) is 5.91 Å². The third-order valence-corrected chi connectivity index (χ3v) is 2.89. The predicted molar refractivity (Wildman–Crippen MR) is 72.2 cm³/mol. The zero-order valence-electron chi connectivity index (χ0n) is 10.9. The van der Waals surface area contributed by atoms with Gasteiger partial charge in [0.1, 0.15) is 5.75 Å². The Morgan fingerprint density at radius 1 is 1.53 bits per heavy atom. The minimum atomic E-state index is -0.467. The molecule has 0 fully saturated rings. The molecule has 0 bridgehead atoms. The maximum absolute atomic E-state index is 11.2. The Labute approximate surface area is 111 Å². The topological polar surface area (TPSA) is 93.0 Å². The molecule has 0 unspecified atom stereocenters. The van der Waals surface area contributed by atoms with Gasteiger partial charge in [0.15, 0.2) is 0 Å². The number of aromatic amines is 1. The number of ether oxygens (including phenoxy) is 1. The molecule has 0 saturated heterocycles. The van der Waals surface area contributed by atoms with Crippen molar-refractivity contribution in [2.75, 3.05) is 12.4 Å². The van der Waals surface area contributed by atoms with Crippen LogP contribution in [0.1, 0.15) is 21.6 Å². The summed E-state index contributed by atoms with van der Waals surface area (Å²) in [5, 5.41) is 10.0. The highest BCUT2D eigenvalue weighted by Crippen LogP contribution is 2.26. The van der Waals surface area contributed by atoms with Crippen molar-refractivity contribution in [3.8, 4) is 5.75 Å². The molecule has 1 aromatic carbocycles. The van der Waals surface area contributed by atoms with Crippen molar-refractivity contribution in [2.45, 2.75) is 13.5 Å². The lowest BCUT2D eigenvalue weighted by Gasteiger charge is -2.11. The Balaban J connectivity index is 2.20. The van der Waals surface area contributed by atoms with Crippen molar-refractivity contribution in [3.05, 3.63) is 41.2 Å². The number of carbonyl (C=O) groups excluding carboxylic acids is 1. The summed E-state index contributed by atoms with van der Waals surface area (Å²) in [6.45, 7) is 2.53. The van der Waals surface area contributed by atoms with Crippen LogP contribution in [-0.4, -0.2) is 23.2 Å². The van der Waals surface area contributed by atoms with Crippen molar-refractivity contribution in [3.63, 3.8) is 0 Å². The van der Waals surface area contributed by atoms with E-state index in [0.717, 1.165) is 16.9 Å². The van der Waals surface area contributed by atoms with Gasteiger partial charge in [-0.1, -0.05) is 0 Å². The normalized spacial score (nSPS) is 10.2. The number of hydrogen-bond donors (Lipinski definition) is 3. The molecule has 0 aliphatic heterocycles. The van der Waals surface area contributed by atoms with Gasteiger partial charge < -0.3 is 15.8 Å². The van der Waals surface area contributed by atoms with Gasteiger partial charge in [0, 0.05) is 23.4 Å².